The second-order valence-corrected chi connectivity index (χ2v) is 5.55. The Kier molecular flexibility index (Phi) is 2.75. The summed E-state index contributed by atoms with van der Waals surface area (Å²) in [5.74, 6) is 0.877. The second kappa shape index (κ2) is 3.78. The molecule has 1 aliphatic carbocycles. The lowest BCUT2D eigenvalue weighted by Gasteiger charge is -2.47. The molecular formula is C12H21NO2. The molecule has 1 aliphatic heterocycles. The van der Waals surface area contributed by atoms with Gasteiger partial charge in [0, 0.05) is 25.0 Å². The molecule has 1 saturated carbocycles. The predicted octanol–water partition coefficient (Wildman–Crippen LogP) is 1.72. The van der Waals surface area contributed by atoms with Gasteiger partial charge in [-0.15, -0.1) is 0 Å². The molecule has 0 aromatic carbocycles. The molecule has 3 heteroatoms. The fraction of sp³-hybridized carbons (Fsp3) is 0.917. The Hall–Kier alpha value is -0.570. The van der Waals surface area contributed by atoms with Crippen LogP contribution in [-0.2, 0) is 9.53 Å². The van der Waals surface area contributed by atoms with E-state index in [1.807, 2.05) is 0 Å². The van der Waals surface area contributed by atoms with Crippen molar-refractivity contribution in [1.29, 1.82) is 0 Å². The van der Waals surface area contributed by atoms with E-state index in [4.69, 9.17) is 4.74 Å². The van der Waals surface area contributed by atoms with E-state index in [2.05, 4.69) is 19.2 Å². The average molecular weight is 211 g/mol. The van der Waals surface area contributed by atoms with E-state index in [-0.39, 0.29) is 11.3 Å². The summed E-state index contributed by atoms with van der Waals surface area (Å²) in [5.41, 5.74) is 0.224. The molecule has 2 fully saturated rings. The van der Waals surface area contributed by atoms with Crippen molar-refractivity contribution >= 4 is 5.91 Å². The molecule has 86 valence electrons. The molecule has 1 saturated heterocycles. The van der Waals surface area contributed by atoms with Gasteiger partial charge in [0.05, 0.1) is 6.10 Å². The summed E-state index contributed by atoms with van der Waals surface area (Å²) < 4.78 is 5.32. The number of amides is 1. The van der Waals surface area contributed by atoms with E-state index in [1.54, 1.807) is 7.11 Å². The highest BCUT2D eigenvalue weighted by molar-refractivity contribution is 5.80. The van der Waals surface area contributed by atoms with Crippen molar-refractivity contribution in [2.45, 2.75) is 51.7 Å². The molecule has 0 bridgehead atoms. The number of carbonyl (C=O) groups is 1. The van der Waals surface area contributed by atoms with Crippen LogP contribution < -0.4 is 5.32 Å². The third-order valence-electron chi connectivity index (χ3n) is 3.90. The van der Waals surface area contributed by atoms with Gasteiger partial charge < -0.3 is 10.1 Å². The highest BCUT2D eigenvalue weighted by Crippen LogP contribution is 2.52. The smallest absolute Gasteiger partial charge is 0.220 e. The first-order valence-corrected chi connectivity index (χ1v) is 5.88. The number of nitrogens with one attached hydrogen (secondary N) is 1. The molecule has 1 N–H and O–H groups in total. The lowest BCUT2D eigenvalue weighted by atomic mass is 9.61. The number of methoxy groups -OCH3 is 1. The summed E-state index contributed by atoms with van der Waals surface area (Å²) in [5, 5.41) is 3.13. The quantitative estimate of drug-likeness (QED) is 0.772. The maximum atomic E-state index is 11.5. The topological polar surface area (TPSA) is 38.3 Å². The normalized spacial score (nSPS) is 39.6. The zero-order valence-corrected chi connectivity index (χ0v) is 9.88. The fourth-order valence-electron chi connectivity index (χ4n) is 3.06. The number of hydrogen-bond donors (Lipinski definition) is 1. The Bertz CT molecular complexity index is 256. The van der Waals surface area contributed by atoms with Gasteiger partial charge in [-0.25, -0.2) is 0 Å². The average Bonchev–Trinajstić information content (AvgIpc) is 2.38. The van der Waals surface area contributed by atoms with Crippen molar-refractivity contribution in [3.8, 4) is 0 Å². The molecular weight excluding hydrogens is 190 g/mol. The number of carbonyl (C=O) groups excluding carboxylic acids is 1. The molecule has 0 aromatic heterocycles. The molecule has 2 aliphatic rings. The molecule has 1 heterocycles. The Morgan fingerprint density at radius 3 is 2.73 bits per heavy atom. The third kappa shape index (κ3) is 1.89. The second-order valence-electron chi connectivity index (χ2n) is 5.55. The van der Waals surface area contributed by atoms with E-state index >= 15 is 0 Å². The lowest BCUT2D eigenvalue weighted by molar-refractivity contribution is -0.121. The number of rotatable bonds is 3. The minimum absolute atomic E-state index is 0.224. The molecule has 3 nitrogen and oxygen atoms in total. The van der Waals surface area contributed by atoms with Crippen LogP contribution in [0.3, 0.4) is 0 Å². The highest BCUT2D eigenvalue weighted by Gasteiger charge is 2.54. The summed E-state index contributed by atoms with van der Waals surface area (Å²) in [6, 6.07) is 0.386. The number of ether oxygens (including phenoxy) is 1. The number of hydrogen-bond acceptors (Lipinski definition) is 2. The summed E-state index contributed by atoms with van der Waals surface area (Å²) in [4.78, 5) is 11.5. The van der Waals surface area contributed by atoms with Crippen molar-refractivity contribution in [2.24, 2.45) is 11.3 Å². The van der Waals surface area contributed by atoms with Crippen molar-refractivity contribution in [3.63, 3.8) is 0 Å². The lowest BCUT2D eigenvalue weighted by Crippen LogP contribution is -2.50. The van der Waals surface area contributed by atoms with E-state index in [0.717, 1.165) is 19.3 Å². The summed E-state index contributed by atoms with van der Waals surface area (Å²) in [6.07, 6.45) is 4.30. The van der Waals surface area contributed by atoms with Crippen LogP contribution in [-0.4, -0.2) is 25.2 Å². The van der Waals surface area contributed by atoms with Gasteiger partial charge in [-0.05, 0) is 25.2 Å². The van der Waals surface area contributed by atoms with Crippen LogP contribution in [0, 0.1) is 11.3 Å². The van der Waals surface area contributed by atoms with Gasteiger partial charge in [-0.3, -0.25) is 4.79 Å². The first kappa shape index (κ1) is 10.9. The molecule has 1 unspecified atom stereocenters. The van der Waals surface area contributed by atoms with Crippen molar-refractivity contribution < 1.29 is 9.53 Å². The Balaban J connectivity index is 2.00. The van der Waals surface area contributed by atoms with Gasteiger partial charge in [-0.1, -0.05) is 13.8 Å². The van der Waals surface area contributed by atoms with Crippen LogP contribution in [0.2, 0.25) is 0 Å². The van der Waals surface area contributed by atoms with Gasteiger partial charge in [0.15, 0.2) is 0 Å². The SMILES string of the molecule is COC1CC2(CC(=O)NC2CC(C)C)C1. The highest BCUT2D eigenvalue weighted by atomic mass is 16.5. The van der Waals surface area contributed by atoms with E-state index in [0.29, 0.717) is 24.5 Å². The molecule has 1 amide bonds. The molecule has 2 rings (SSSR count). The zero-order valence-electron chi connectivity index (χ0n) is 9.88. The van der Waals surface area contributed by atoms with Crippen molar-refractivity contribution in [2.75, 3.05) is 7.11 Å². The monoisotopic (exact) mass is 211 g/mol. The van der Waals surface area contributed by atoms with Crippen LogP contribution in [0.25, 0.3) is 0 Å². The predicted molar refractivity (Wildman–Crippen MR) is 58.5 cm³/mol. The largest absolute Gasteiger partial charge is 0.381 e. The summed E-state index contributed by atoms with van der Waals surface area (Å²) >= 11 is 0. The first-order valence-electron chi connectivity index (χ1n) is 5.88. The van der Waals surface area contributed by atoms with Crippen LogP contribution in [0.1, 0.15) is 39.5 Å². The fourth-order valence-corrected chi connectivity index (χ4v) is 3.06. The molecule has 1 atom stereocenters. The standard InChI is InChI=1S/C12H21NO2/c1-8(2)4-10-12(7-11(14)13-10)5-9(6-12)15-3/h8-10H,4-7H2,1-3H3,(H,13,14). The summed E-state index contributed by atoms with van der Waals surface area (Å²) in [6.45, 7) is 4.43. The van der Waals surface area contributed by atoms with Crippen LogP contribution in [0.4, 0.5) is 0 Å². The van der Waals surface area contributed by atoms with E-state index in [9.17, 15) is 4.79 Å². The molecule has 1 spiro atoms. The van der Waals surface area contributed by atoms with Gasteiger partial charge in [0.1, 0.15) is 0 Å². The Morgan fingerprint density at radius 2 is 2.20 bits per heavy atom. The Morgan fingerprint density at radius 1 is 1.53 bits per heavy atom. The van der Waals surface area contributed by atoms with Crippen LogP contribution in [0.15, 0.2) is 0 Å². The minimum Gasteiger partial charge on any atom is -0.381 e. The maximum Gasteiger partial charge on any atom is 0.220 e. The first-order chi connectivity index (χ1) is 7.05. The van der Waals surface area contributed by atoms with Gasteiger partial charge in [0.2, 0.25) is 5.91 Å². The van der Waals surface area contributed by atoms with Crippen LogP contribution in [0.5, 0.6) is 0 Å². The van der Waals surface area contributed by atoms with E-state index in [1.165, 1.54) is 0 Å². The van der Waals surface area contributed by atoms with E-state index < -0.39 is 0 Å². The van der Waals surface area contributed by atoms with Crippen molar-refractivity contribution in [3.05, 3.63) is 0 Å². The Labute approximate surface area is 91.6 Å². The maximum absolute atomic E-state index is 11.5. The van der Waals surface area contributed by atoms with Gasteiger partial charge in [-0.2, -0.15) is 0 Å². The zero-order chi connectivity index (χ0) is 11.1. The van der Waals surface area contributed by atoms with Gasteiger partial charge >= 0.3 is 0 Å². The third-order valence-corrected chi connectivity index (χ3v) is 3.90. The summed E-state index contributed by atoms with van der Waals surface area (Å²) in [7, 11) is 1.76. The van der Waals surface area contributed by atoms with Crippen molar-refractivity contribution in [1.82, 2.24) is 5.32 Å². The molecule has 0 aromatic rings. The molecule has 15 heavy (non-hydrogen) atoms. The minimum atomic E-state index is 0.224. The molecule has 0 radical (unpaired) electrons. The van der Waals surface area contributed by atoms with Crippen LogP contribution >= 0.6 is 0 Å². The van der Waals surface area contributed by atoms with Gasteiger partial charge in [0.25, 0.3) is 0 Å².